The van der Waals surface area contributed by atoms with Crippen molar-refractivity contribution in [2.24, 2.45) is 5.92 Å². The third-order valence-electron chi connectivity index (χ3n) is 7.24. The summed E-state index contributed by atoms with van der Waals surface area (Å²) in [4.78, 5) is 15.4. The van der Waals surface area contributed by atoms with Crippen LogP contribution in [0.2, 0.25) is 5.02 Å². The summed E-state index contributed by atoms with van der Waals surface area (Å²) in [6, 6.07) is 25.1. The molecule has 1 N–H and O–H groups in total. The molecule has 1 fully saturated rings. The van der Waals surface area contributed by atoms with Crippen molar-refractivity contribution in [2.75, 3.05) is 18.4 Å². The summed E-state index contributed by atoms with van der Waals surface area (Å²) in [7, 11) is 0. The second kappa shape index (κ2) is 10.3. The van der Waals surface area contributed by atoms with E-state index in [1.165, 1.54) is 33.3 Å². The maximum Gasteiger partial charge on any atom is 0.227 e. The molecule has 1 aromatic heterocycles. The van der Waals surface area contributed by atoms with Gasteiger partial charge in [-0.2, -0.15) is 0 Å². The minimum absolute atomic E-state index is 0.0603. The van der Waals surface area contributed by atoms with Crippen LogP contribution < -0.4 is 5.32 Å². The number of likely N-dealkylation sites (tertiary alicyclic amines) is 1. The van der Waals surface area contributed by atoms with Gasteiger partial charge in [0.25, 0.3) is 0 Å². The molecule has 2 heterocycles. The van der Waals surface area contributed by atoms with Crippen molar-refractivity contribution in [1.29, 1.82) is 0 Å². The zero-order valence-corrected chi connectivity index (χ0v) is 21.2. The zero-order chi connectivity index (χ0) is 24.4. The van der Waals surface area contributed by atoms with E-state index >= 15 is 0 Å². The average molecular weight is 486 g/mol. The lowest BCUT2D eigenvalue weighted by atomic mass is 9.95. The Morgan fingerprint density at radius 1 is 0.914 bits per heavy atom. The number of anilines is 1. The lowest BCUT2D eigenvalue weighted by molar-refractivity contribution is -0.121. The fourth-order valence-corrected chi connectivity index (χ4v) is 5.26. The fourth-order valence-electron chi connectivity index (χ4n) is 5.05. The number of aromatic nitrogens is 1. The van der Waals surface area contributed by atoms with Crippen molar-refractivity contribution in [3.05, 3.63) is 100 Å². The lowest BCUT2D eigenvalue weighted by Crippen LogP contribution is -2.38. The van der Waals surface area contributed by atoms with Crippen LogP contribution in [0.25, 0.3) is 10.9 Å². The molecule has 0 radical (unpaired) electrons. The molecule has 4 nitrogen and oxygen atoms in total. The van der Waals surface area contributed by atoms with Crippen molar-refractivity contribution >= 4 is 34.1 Å². The van der Waals surface area contributed by atoms with Gasteiger partial charge in [0.2, 0.25) is 5.91 Å². The fraction of sp³-hybridized carbons (Fsp3) is 0.300. The van der Waals surface area contributed by atoms with E-state index < -0.39 is 0 Å². The van der Waals surface area contributed by atoms with Crippen LogP contribution in [0, 0.1) is 19.8 Å². The number of carbonyl (C=O) groups excluding carboxylic acids is 1. The van der Waals surface area contributed by atoms with Gasteiger partial charge in [-0.25, -0.2) is 0 Å². The van der Waals surface area contributed by atoms with Crippen molar-refractivity contribution in [3.8, 4) is 0 Å². The SMILES string of the molecule is Cc1ccc(NC(=O)C2CCN(Cc3cc4ccccc4n3Cc3cccc(Cl)c3)CC2)cc1C. The van der Waals surface area contributed by atoms with Crippen LogP contribution in [0.4, 0.5) is 5.69 Å². The molecule has 0 aliphatic carbocycles. The van der Waals surface area contributed by atoms with E-state index in [-0.39, 0.29) is 11.8 Å². The highest BCUT2D eigenvalue weighted by Crippen LogP contribution is 2.26. The quantitative estimate of drug-likeness (QED) is 0.325. The zero-order valence-electron chi connectivity index (χ0n) is 20.4. The number of amides is 1. The van der Waals surface area contributed by atoms with Gasteiger partial charge in [0.1, 0.15) is 0 Å². The number of benzene rings is 3. The van der Waals surface area contributed by atoms with Crippen LogP contribution in [-0.4, -0.2) is 28.5 Å². The third-order valence-corrected chi connectivity index (χ3v) is 7.48. The van der Waals surface area contributed by atoms with E-state index in [0.717, 1.165) is 49.7 Å². The largest absolute Gasteiger partial charge is 0.339 e. The van der Waals surface area contributed by atoms with Crippen LogP contribution in [0.1, 0.15) is 35.2 Å². The lowest BCUT2D eigenvalue weighted by Gasteiger charge is -2.31. The van der Waals surface area contributed by atoms with Gasteiger partial charge >= 0.3 is 0 Å². The van der Waals surface area contributed by atoms with Crippen molar-refractivity contribution in [2.45, 2.75) is 39.8 Å². The Labute approximate surface area is 212 Å². The summed E-state index contributed by atoms with van der Waals surface area (Å²) in [6.07, 6.45) is 1.76. The Hall–Kier alpha value is -3.08. The summed E-state index contributed by atoms with van der Waals surface area (Å²) < 4.78 is 2.40. The maximum atomic E-state index is 12.9. The Morgan fingerprint density at radius 2 is 1.71 bits per heavy atom. The Balaban J connectivity index is 1.26. The number of para-hydroxylation sites is 1. The maximum absolute atomic E-state index is 12.9. The first-order valence-corrected chi connectivity index (χ1v) is 12.8. The second-order valence-electron chi connectivity index (χ2n) is 9.75. The first-order chi connectivity index (χ1) is 17.0. The highest BCUT2D eigenvalue weighted by molar-refractivity contribution is 6.30. The average Bonchev–Trinajstić information content (AvgIpc) is 3.18. The molecule has 5 heteroatoms. The minimum atomic E-state index is 0.0603. The minimum Gasteiger partial charge on any atom is -0.339 e. The molecule has 0 spiro atoms. The number of carbonyl (C=O) groups is 1. The highest BCUT2D eigenvalue weighted by Gasteiger charge is 2.26. The number of fused-ring (bicyclic) bond motifs is 1. The number of rotatable bonds is 6. The topological polar surface area (TPSA) is 37.3 Å². The van der Waals surface area contributed by atoms with E-state index in [2.05, 4.69) is 77.2 Å². The summed E-state index contributed by atoms with van der Waals surface area (Å²) in [5.74, 6) is 0.202. The summed E-state index contributed by atoms with van der Waals surface area (Å²) in [5.41, 5.74) is 7.07. The van der Waals surface area contributed by atoms with E-state index in [1.807, 2.05) is 24.3 Å². The molecule has 1 amide bonds. The van der Waals surface area contributed by atoms with Crippen LogP contribution >= 0.6 is 11.6 Å². The van der Waals surface area contributed by atoms with Gasteiger partial charge < -0.3 is 9.88 Å². The predicted octanol–water partition coefficient (Wildman–Crippen LogP) is 6.81. The molecule has 0 saturated carbocycles. The van der Waals surface area contributed by atoms with E-state index in [0.29, 0.717) is 0 Å². The molecule has 0 unspecified atom stereocenters. The first kappa shape index (κ1) is 23.7. The number of piperidine rings is 1. The van der Waals surface area contributed by atoms with Gasteiger partial charge in [-0.05, 0) is 98.3 Å². The molecule has 1 aliphatic heterocycles. The van der Waals surface area contributed by atoms with Crippen LogP contribution in [0.5, 0.6) is 0 Å². The molecule has 180 valence electrons. The van der Waals surface area contributed by atoms with Crippen LogP contribution in [0.15, 0.2) is 72.8 Å². The highest BCUT2D eigenvalue weighted by atomic mass is 35.5. The van der Waals surface area contributed by atoms with E-state index in [9.17, 15) is 4.79 Å². The third kappa shape index (κ3) is 5.44. The van der Waals surface area contributed by atoms with Gasteiger partial charge in [0.05, 0.1) is 0 Å². The van der Waals surface area contributed by atoms with E-state index in [4.69, 9.17) is 11.6 Å². The number of halogens is 1. The van der Waals surface area contributed by atoms with Crippen molar-refractivity contribution < 1.29 is 4.79 Å². The Bertz CT molecular complexity index is 1350. The number of nitrogens with zero attached hydrogens (tertiary/aromatic N) is 2. The molecule has 0 atom stereocenters. The van der Waals surface area contributed by atoms with E-state index in [1.54, 1.807) is 0 Å². The van der Waals surface area contributed by atoms with Crippen LogP contribution in [0.3, 0.4) is 0 Å². The summed E-state index contributed by atoms with van der Waals surface area (Å²) >= 11 is 6.25. The van der Waals surface area contributed by atoms with Crippen molar-refractivity contribution in [1.82, 2.24) is 9.47 Å². The number of hydrogen-bond acceptors (Lipinski definition) is 2. The van der Waals surface area contributed by atoms with Crippen LogP contribution in [-0.2, 0) is 17.9 Å². The van der Waals surface area contributed by atoms with Gasteiger partial charge in [0.15, 0.2) is 0 Å². The van der Waals surface area contributed by atoms with Gasteiger partial charge in [-0.15, -0.1) is 0 Å². The normalized spacial score (nSPS) is 14.9. The van der Waals surface area contributed by atoms with Gasteiger partial charge in [-0.1, -0.05) is 48.0 Å². The molecule has 0 bridgehead atoms. The molecular weight excluding hydrogens is 454 g/mol. The molecular formula is C30H32ClN3O. The number of aryl methyl sites for hydroxylation is 2. The molecule has 1 aliphatic rings. The standard InChI is InChI=1S/C30H32ClN3O/c1-21-10-11-27(16-22(21)2)32-30(35)24-12-14-33(15-13-24)20-28-18-25-7-3-4-9-29(25)34(28)19-23-6-5-8-26(31)17-23/h3-11,16-18,24H,12-15,19-20H2,1-2H3,(H,32,35). The molecule has 1 saturated heterocycles. The number of hydrogen-bond donors (Lipinski definition) is 1. The Kier molecular flexibility index (Phi) is 6.94. The van der Waals surface area contributed by atoms with Crippen molar-refractivity contribution in [3.63, 3.8) is 0 Å². The predicted molar refractivity (Wildman–Crippen MR) is 145 cm³/mol. The van der Waals surface area contributed by atoms with Gasteiger partial charge in [-0.3, -0.25) is 9.69 Å². The van der Waals surface area contributed by atoms with Gasteiger partial charge in [0, 0.05) is 40.9 Å². The summed E-state index contributed by atoms with van der Waals surface area (Å²) in [6.45, 7) is 7.67. The first-order valence-electron chi connectivity index (χ1n) is 12.4. The second-order valence-corrected chi connectivity index (χ2v) is 10.2. The summed E-state index contributed by atoms with van der Waals surface area (Å²) in [5, 5.41) is 5.15. The number of nitrogens with one attached hydrogen (secondary N) is 1. The Morgan fingerprint density at radius 3 is 2.49 bits per heavy atom. The smallest absolute Gasteiger partial charge is 0.227 e. The molecule has 5 rings (SSSR count). The molecule has 4 aromatic rings. The monoisotopic (exact) mass is 485 g/mol. The molecule has 3 aromatic carbocycles. The molecule has 35 heavy (non-hydrogen) atoms.